The molecule has 0 aliphatic rings. The minimum atomic E-state index is 0.621. The van der Waals surface area contributed by atoms with E-state index in [2.05, 4.69) is 257 Å². The molecule has 14 aromatic rings. The van der Waals surface area contributed by atoms with Crippen molar-refractivity contribution >= 4 is 88.2 Å². The molecule has 0 atom stereocenters. The quantitative estimate of drug-likeness (QED) is 0.128. The number of fused-ring (bicyclic) bond motifs is 9. The van der Waals surface area contributed by atoms with Crippen LogP contribution in [0.2, 0.25) is 0 Å². The summed E-state index contributed by atoms with van der Waals surface area (Å²) in [5.74, 6) is 1.89. The molecule has 0 fully saturated rings. The van der Waals surface area contributed by atoms with Gasteiger partial charge in [-0.25, -0.2) is 15.0 Å². The molecule has 6 nitrogen and oxygen atoms in total. The second-order valence-corrected chi connectivity index (χ2v) is 18.8. The molecule has 12 aromatic carbocycles. The average molecular weight is 959 g/mol. The monoisotopic (exact) mass is 958 g/mol. The van der Waals surface area contributed by atoms with Gasteiger partial charge in [0, 0.05) is 67.3 Å². The summed E-state index contributed by atoms with van der Waals surface area (Å²) < 4.78 is 2.44. The van der Waals surface area contributed by atoms with E-state index in [-0.39, 0.29) is 0 Å². The normalized spacial score (nSPS) is 11.5. The molecule has 0 aliphatic carbocycles. The molecule has 14 rings (SSSR count). The van der Waals surface area contributed by atoms with Crippen molar-refractivity contribution in [3.8, 4) is 39.9 Å². The van der Waals surface area contributed by atoms with Gasteiger partial charge in [-0.15, -0.1) is 0 Å². The molecule has 0 radical (unpaired) electrons. The number of rotatable bonds is 10. The summed E-state index contributed by atoms with van der Waals surface area (Å²) in [6.45, 7) is 0. The van der Waals surface area contributed by atoms with Crippen LogP contribution in [0, 0.1) is 0 Å². The zero-order valence-corrected chi connectivity index (χ0v) is 40.7. The molecule has 75 heavy (non-hydrogen) atoms. The van der Waals surface area contributed by atoms with E-state index in [1.165, 1.54) is 21.5 Å². The van der Waals surface area contributed by atoms with E-state index in [4.69, 9.17) is 15.0 Å². The van der Waals surface area contributed by atoms with Crippen LogP contribution in [0.15, 0.2) is 279 Å². The van der Waals surface area contributed by atoms with Crippen LogP contribution in [-0.4, -0.2) is 19.5 Å². The molecule has 2 aromatic heterocycles. The number of para-hydroxylation sites is 4. The number of hydrogen-bond donors (Lipinski definition) is 0. The van der Waals surface area contributed by atoms with Crippen molar-refractivity contribution < 1.29 is 0 Å². The predicted molar refractivity (Wildman–Crippen MR) is 312 cm³/mol. The van der Waals surface area contributed by atoms with Crippen LogP contribution < -0.4 is 9.80 Å². The summed E-state index contributed by atoms with van der Waals surface area (Å²) >= 11 is 0. The highest BCUT2D eigenvalue weighted by molar-refractivity contribution is 6.26. The Morgan fingerprint density at radius 1 is 0.227 bits per heavy atom. The van der Waals surface area contributed by atoms with Crippen LogP contribution in [0.4, 0.5) is 34.1 Å². The van der Waals surface area contributed by atoms with Crippen LogP contribution >= 0.6 is 0 Å². The zero-order chi connectivity index (χ0) is 49.7. The third-order valence-electron chi connectivity index (χ3n) is 14.3. The van der Waals surface area contributed by atoms with Crippen LogP contribution in [-0.2, 0) is 0 Å². The van der Waals surface area contributed by atoms with Gasteiger partial charge >= 0.3 is 0 Å². The molecule has 0 saturated heterocycles. The van der Waals surface area contributed by atoms with E-state index in [1.54, 1.807) is 0 Å². The molecule has 0 amide bonds. The fourth-order valence-electron chi connectivity index (χ4n) is 10.9. The van der Waals surface area contributed by atoms with E-state index < -0.39 is 0 Å². The SMILES string of the molecule is c1ccc(-c2nc(-c3ccccc3)nc(-c3ccc4c5ccccc5c5ccc(-n6c7ccc(N(c8ccccc8)c8ccccc8)cc7c7cc(N(c8ccccc8)c8ccccc8)ccc76)cc5c4c3)n2)cc1. The van der Waals surface area contributed by atoms with Gasteiger partial charge in [0.05, 0.1) is 11.0 Å². The summed E-state index contributed by atoms with van der Waals surface area (Å²) in [5, 5.41) is 9.31. The Balaban J connectivity index is 1.01. The van der Waals surface area contributed by atoms with Gasteiger partial charge in [-0.3, -0.25) is 0 Å². The molecule has 0 aliphatic heterocycles. The van der Waals surface area contributed by atoms with Crippen LogP contribution in [0.5, 0.6) is 0 Å². The lowest BCUT2D eigenvalue weighted by Gasteiger charge is -2.26. The standard InChI is InChI=1S/C69H46N6/c1-7-21-47(22-8-1)67-70-68(48-23-9-2-10-24-48)72-69(71-67)49-35-39-59-57-33-19-20-34-58(57)60-40-36-56(44-62(60)61(59)43-49)75-65-41-37-54(73(50-25-11-3-12-26-50)51-27-13-4-14-28-51)45-63(65)64-46-55(38-42-66(64)75)74(52-29-15-5-16-30-52)53-31-17-6-18-32-53/h1-46H. The molecule has 0 unspecified atom stereocenters. The fourth-order valence-corrected chi connectivity index (χ4v) is 10.9. The van der Waals surface area contributed by atoms with Crippen molar-refractivity contribution in [3.05, 3.63) is 279 Å². The largest absolute Gasteiger partial charge is 0.310 e. The average Bonchev–Trinajstić information content (AvgIpc) is 3.88. The lowest BCUT2D eigenvalue weighted by Crippen LogP contribution is -2.09. The Labute approximate surface area is 434 Å². The van der Waals surface area contributed by atoms with Gasteiger partial charge in [0.15, 0.2) is 17.5 Å². The predicted octanol–water partition coefficient (Wildman–Crippen LogP) is 18.4. The van der Waals surface area contributed by atoms with Crippen molar-refractivity contribution in [2.45, 2.75) is 0 Å². The van der Waals surface area contributed by atoms with Crippen LogP contribution in [0.3, 0.4) is 0 Å². The summed E-state index contributed by atoms with van der Waals surface area (Å²) in [6, 6.07) is 99.1. The highest BCUT2D eigenvalue weighted by atomic mass is 15.2. The van der Waals surface area contributed by atoms with Crippen LogP contribution in [0.1, 0.15) is 0 Å². The first-order chi connectivity index (χ1) is 37.2. The molecule has 0 bridgehead atoms. The van der Waals surface area contributed by atoms with Gasteiger partial charge in [0.1, 0.15) is 0 Å². The van der Waals surface area contributed by atoms with E-state index in [1.807, 2.05) is 36.4 Å². The molecule has 0 spiro atoms. The number of aromatic nitrogens is 4. The summed E-state index contributed by atoms with van der Waals surface area (Å²) in [6.07, 6.45) is 0. The maximum absolute atomic E-state index is 5.16. The molecule has 0 saturated carbocycles. The van der Waals surface area contributed by atoms with E-state index >= 15 is 0 Å². The third-order valence-corrected chi connectivity index (χ3v) is 14.3. The molecule has 0 N–H and O–H groups in total. The molecular formula is C69H46N6. The van der Waals surface area contributed by atoms with Crippen molar-refractivity contribution in [3.63, 3.8) is 0 Å². The Hall–Kier alpha value is -10.2. The number of benzene rings is 12. The van der Waals surface area contributed by atoms with Gasteiger partial charge in [-0.2, -0.15) is 0 Å². The lowest BCUT2D eigenvalue weighted by atomic mass is 9.93. The van der Waals surface area contributed by atoms with Gasteiger partial charge in [-0.05, 0) is 135 Å². The highest BCUT2D eigenvalue weighted by Crippen LogP contribution is 2.44. The summed E-state index contributed by atoms with van der Waals surface area (Å²) in [7, 11) is 0. The molecule has 2 heterocycles. The summed E-state index contributed by atoms with van der Waals surface area (Å²) in [5.41, 5.74) is 12.6. The first-order valence-corrected chi connectivity index (χ1v) is 25.3. The Bertz CT molecular complexity index is 4120. The lowest BCUT2D eigenvalue weighted by molar-refractivity contribution is 1.07. The highest BCUT2D eigenvalue weighted by Gasteiger charge is 2.22. The minimum absolute atomic E-state index is 0.621. The Kier molecular flexibility index (Phi) is 10.7. The first kappa shape index (κ1) is 43.6. The number of hydrogen-bond acceptors (Lipinski definition) is 5. The van der Waals surface area contributed by atoms with Crippen LogP contribution in [0.25, 0.3) is 94.0 Å². The second kappa shape index (κ2) is 18.5. The molecule has 352 valence electrons. The van der Waals surface area contributed by atoms with Gasteiger partial charge in [0.25, 0.3) is 0 Å². The number of anilines is 6. The molecule has 6 heteroatoms. The smallest absolute Gasteiger partial charge is 0.164 e. The van der Waals surface area contributed by atoms with Crippen molar-refractivity contribution in [2.75, 3.05) is 9.80 Å². The Morgan fingerprint density at radius 3 is 1.00 bits per heavy atom. The number of nitrogens with zero attached hydrogens (tertiary/aromatic N) is 6. The molecular weight excluding hydrogens is 913 g/mol. The zero-order valence-electron chi connectivity index (χ0n) is 40.7. The topological polar surface area (TPSA) is 50.1 Å². The van der Waals surface area contributed by atoms with E-state index in [0.717, 1.165) is 89.1 Å². The van der Waals surface area contributed by atoms with Gasteiger partial charge in [0.2, 0.25) is 0 Å². The minimum Gasteiger partial charge on any atom is -0.310 e. The second-order valence-electron chi connectivity index (χ2n) is 18.8. The fraction of sp³-hybridized carbons (Fsp3) is 0. The Morgan fingerprint density at radius 2 is 0.573 bits per heavy atom. The van der Waals surface area contributed by atoms with Crippen molar-refractivity contribution in [1.82, 2.24) is 19.5 Å². The third kappa shape index (κ3) is 7.80. The summed E-state index contributed by atoms with van der Waals surface area (Å²) in [4.78, 5) is 20.0. The maximum Gasteiger partial charge on any atom is 0.164 e. The van der Waals surface area contributed by atoms with E-state index in [0.29, 0.717) is 17.5 Å². The maximum atomic E-state index is 5.16. The van der Waals surface area contributed by atoms with E-state index in [9.17, 15) is 0 Å². The van der Waals surface area contributed by atoms with Crippen molar-refractivity contribution in [2.24, 2.45) is 0 Å². The van der Waals surface area contributed by atoms with Gasteiger partial charge in [-0.1, -0.05) is 176 Å². The van der Waals surface area contributed by atoms with Gasteiger partial charge < -0.3 is 14.4 Å². The first-order valence-electron chi connectivity index (χ1n) is 25.3. The van der Waals surface area contributed by atoms with Crippen molar-refractivity contribution in [1.29, 1.82) is 0 Å².